The summed E-state index contributed by atoms with van der Waals surface area (Å²) in [6, 6.07) is 2.00. The molecule has 0 radical (unpaired) electrons. The van der Waals surface area contributed by atoms with Crippen LogP contribution < -0.4 is 0 Å². The van der Waals surface area contributed by atoms with Crippen molar-refractivity contribution in [2.45, 2.75) is 33.1 Å². The highest BCUT2D eigenvalue weighted by molar-refractivity contribution is 7.11. The predicted molar refractivity (Wildman–Crippen MR) is 65.3 cm³/mol. The van der Waals surface area contributed by atoms with E-state index in [2.05, 4.69) is 25.3 Å². The molecule has 0 unspecified atom stereocenters. The van der Waals surface area contributed by atoms with Gasteiger partial charge in [-0.05, 0) is 47.3 Å². The van der Waals surface area contributed by atoms with Crippen molar-refractivity contribution < 1.29 is 4.79 Å². The van der Waals surface area contributed by atoms with Crippen LogP contribution in [-0.4, -0.2) is 6.29 Å². The molecule has 0 aliphatic heterocycles. The number of hydrogen-bond acceptors (Lipinski definition) is 2. The molecule has 0 amide bonds. The molecule has 15 heavy (non-hydrogen) atoms. The average Bonchev–Trinajstić information content (AvgIpc) is 2.64. The number of carbonyl (C=O) groups is 1. The van der Waals surface area contributed by atoms with E-state index in [1.165, 1.54) is 28.9 Å². The molecule has 2 heteroatoms. The van der Waals surface area contributed by atoms with Crippen molar-refractivity contribution in [3.8, 4) is 0 Å². The fourth-order valence-electron chi connectivity index (χ4n) is 2.12. The SMILES string of the molecule is CC1(C)CCC=C(c2csc(C=O)c2)C1. The van der Waals surface area contributed by atoms with Gasteiger partial charge in [-0.15, -0.1) is 11.3 Å². The van der Waals surface area contributed by atoms with E-state index in [0.717, 1.165) is 24.0 Å². The first-order valence-corrected chi connectivity index (χ1v) is 6.22. The monoisotopic (exact) mass is 220 g/mol. The lowest BCUT2D eigenvalue weighted by atomic mass is 9.76. The molecule has 0 bridgehead atoms. The second-order valence-electron chi connectivity index (χ2n) is 4.96. The van der Waals surface area contributed by atoms with E-state index in [1.807, 2.05) is 6.07 Å². The lowest BCUT2D eigenvalue weighted by molar-refractivity contribution is 0.112. The molecular weight excluding hydrogens is 204 g/mol. The normalized spacial score (nSPS) is 19.7. The molecule has 0 aromatic carbocycles. The van der Waals surface area contributed by atoms with Crippen LogP contribution in [0.2, 0.25) is 0 Å². The lowest BCUT2D eigenvalue weighted by Crippen LogP contribution is -2.14. The van der Waals surface area contributed by atoms with Crippen molar-refractivity contribution in [2.24, 2.45) is 5.41 Å². The molecule has 1 aromatic rings. The first-order chi connectivity index (χ1) is 7.11. The number of thiophene rings is 1. The smallest absolute Gasteiger partial charge is 0.160 e. The van der Waals surface area contributed by atoms with Gasteiger partial charge in [0.05, 0.1) is 4.88 Å². The van der Waals surface area contributed by atoms with Gasteiger partial charge in [0.1, 0.15) is 0 Å². The second-order valence-corrected chi connectivity index (χ2v) is 5.91. The third-order valence-corrected chi connectivity index (χ3v) is 3.85. The number of rotatable bonds is 2. The fourth-order valence-corrected chi connectivity index (χ4v) is 2.85. The first-order valence-electron chi connectivity index (χ1n) is 5.34. The Bertz CT molecular complexity index is 398. The van der Waals surface area contributed by atoms with Gasteiger partial charge in [-0.25, -0.2) is 0 Å². The van der Waals surface area contributed by atoms with Crippen LogP contribution in [0.1, 0.15) is 48.3 Å². The predicted octanol–water partition coefficient (Wildman–Crippen LogP) is 4.15. The van der Waals surface area contributed by atoms with Crippen molar-refractivity contribution in [2.75, 3.05) is 0 Å². The molecule has 0 spiro atoms. The minimum atomic E-state index is 0.410. The van der Waals surface area contributed by atoms with Crippen molar-refractivity contribution in [1.29, 1.82) is 0 Å². The standard InChI is InChI=1S/C13H16OS/c1-13(2)5-3-4-10(7-13)11-6-12(8-14)15-9-11/h4,6,8-9H,3,5,7H2,1-2H3. The largest absolute Gasteiger partial charge is 0.297 e. The Hall–Kier alpha value is -0.890. The summed E-state index contributed by atoms with van der Waals surface area (Å²) in [5, 5.41) is 2.09. The molecule has 0 saturated carbocycles. The van der Waals surface area contributed by atoms with Gasteiger partial charge in [-0.3, -0.25) is 4.79 Å². The summed E-state index contributed by atoms with van der Waals surface area (Å²) in [7, 11) is 0. The summed E-state index contributed by atoms with van der Waals surface area (Å²) in [5.74, 6) is 0. The van der Waals surface area contributed by atoms with Crippen molar-refractivity contribution in [1.82, 2.24) is 0 Å². The summed E-state index contributed by atoms with van der Waals surface area (Å²) in [6.07, 6.45) is 6.81. The molecule has 1 aromatic heterocycles. The Kier molecular flexibility index (Phi) is 2.79. The van der Waals surface area contributed by atoms with Crippen LogP contribution in [0.25, 0.3) is 5.57 Å². The minimum Gasteiger partial charge on any atom is -0.297 e. The van der Waals surface area contributed by atoms with Crippen LogP contribution in [-0.2, 0) is 0 Å². The highest BCUT2D eigenvalue weighted by Crippen LogP contribution is 2.40. The van der Waals surface area contributed by atoms with Crippen molar-refractivity contribution >= 4 is 23.2 Å². The van der Waals surface area contributed by atoms with E-state index in [0.29, 0.717) is 5.41 Å². The summed E-state index contributed by atoms with van der Waals surface area (Å²) in [6.45, 7) is 4.63. The molecular formula is C13H16OS. The van der Waals surface area contributed by atoms with Crippen LogP contribution >= 0.6 is 11.3 Å². The molecule has 2 rings (SSSR count). The number of hydrogen-bond donors (Lipinski definition) is 0. The second kappa shape index (κ2) is 3.93. The maximum Gasteiger partial charge on any atom is 0.160 e. The Morgan fingerprint density at radius 2 is 2.27 bits per heavy atom. The van der Waals surface area contributed by atoms with E-state index in [9.17, 15) is 4.79 Å². The summed E-state index contributed by atoms with van der Waals surface area (Å²) >= 11 is 1.53. The highest BCUT2D eigenvalue weighted by Gasteiger charge is 2.23. The van der Waals surface area contributed by atoms with Gasteiger partial charge in [-0.1, -0.05) is 19.9 Å². The molecule has 1 aliphatic rings. The quantitative estimate of drug-likeness (QED) is 0.684. The molecule has 80 valence electrons. The Balaban J connectivity index is 2.24. The van der Waals surface area contributed by atoms with Crippen LogP contribution in [0.3, 0.4) is 0 Å². The summed E-state index contributed by atoms with van der Waals surface area (Å²) in [4.78, 5) is 11.4. The molecule has 0 fully saturated rings. The maximum absolute atomic E-state index is 10.6. The zero-order valence-corrected chi connectivity index (χ0v) is 10.1. The zero-order valence-electron chi connectivity index (χ0n) is 9.25. The van der Waals surface area contributed by atoms with Crippen LogP contribution in [0, 0.1) is 5.41 Å². The van der Waals surface area contributed by atoms with Crippen LogP contribution in [0.4, 0.5) is 0 Å². The molecule has 0 atom stereocenters. The molecule has 0 N–H and O–H groups in total. The van der Waals surface area contributed by atoms with Gasteiger partial charge < -0.3 is 0 Å². The van der Waals surface area contributed by atoms with E-state index >= 15 is 0 Å². The highest BCUT2D eigenvalue weighted by atomic mass is 32.1. The molecule has 0 saturated heterocycles. The van der Waals surface area contributed by atoms with E-state index in [-0.39, 0.29) is 0 Å². The molecule has 1 heterocycles. The Morgan fingerprint density at radius 1 is 1.47 bits per heavy atom. The summed E-state index contributed by atoms with van der Waals surface area (Å²) in [5.41, 5.74) is 3.07. The van der Waals surface area contributed by atoms with Gasteiger partial charge >= 0.3 is 0 Å². The Morgan fingerprint density at radius 3 is 2.87 bits per heavy atom. The lowest BCUT2D eigenvalue weighted by Gasteiger charge is -2.29. The minimum absolute atomic E-state index is 0.410. The fraction of sp³-hybridized carbons (Fsp3) is 0.462. The van der Waals surface area contributed by atoms with Gasteiger partial charge in [0.2, 0.25) is 0 Å². The molecule has 1 aliphatic carbocycles. The van der Waals surface area contributed by atoms with E-state index in [4.69, 9.17) is 0 Å². The van der Waals surface area contributed by atoms with Crippen LogP contribution in [0.15, 0.2) is 17.5 Å². The van der Waals surface area contributed by atoms with Crippen LogP contribution in [0.5, 0.6) is 0 Å². The number of aldehydes is 1. The van der Waals surface area contributed by atoms with Crippen molar-refractivity contribution in [3.05, 3.63) is 28.0 Å². The average molecular weight is 220 g/mol. The first kappa shape index (κ1) is 10.6. The maximum atomic E-state index is 10.6. The zero-order chi connectivity index (χ0) is 10.9. The topological polar surface area (TPSA) is 17.1 Å². The number of carbonyl (C=O) groups excluding carboxylic acids is 1. The van der Waals surface area contributed by atoms with E-state index in [1.54, 1.807) is 0 Å². The Labute approximate surface area is 94.8 Å². The van der Waals surface area contributed by atoms with E-state index < -0.39 is 0 Å². The van der Waals surface area contributed by atoms with Gasteiger partial charge in [0.15, 0.2) is 6.29 Å². The third kappa shape index (κ3) is 2.37. The van der Waals surface area contributed by atoms with Crippen molar-refractivity contribution in [3.63, 3.8) is 0 Å². The summed E-state index contributed by atoms with van der Waals surface area (Å²) < 4.78 is 0. The van der Waals surface area contributed by atoms with Gasteiger partial charge in [0, 0.05) is 0 Å². The van der Waals surface area contributed by atoms with Gasteiger partial charge in [0.25, 0.3) is 0 Å². The number of allylic oxidation sites excluding steroid dienone is 2. The third-order valence-electron chi connectivity index (χ3n) is 2.99. The van der Waals surface area contributed by atoms with Gasteiger partial charge in [-0.2, -0.15) is 0 Å². The molecule has 1 nitrogen and oxygen atoms in total.